The van der Waals surface area contributed by atoms with E-state index in [1.807, 2.05) is 22.6 Å². The van der Waals surface area contributed by atoms with Gasteiger partial charge in [0.25, 0.3) is 6.43 Å². The highest BCUT2D eigenvalue weighted by molar-refractivity contribution is 14.1. The summed E-state index contributed by atoms with van der Waals surface area (Å²) < 4.78 is 37.3. The predicted molar refractivity (Wildman–Crippen MR) is 48.9 cm³/mol. The van der Waals surface area contributed by atoms with Crippen molar-refractivity contribution in [2.75, 3.05) is 0 Å². The first kappa shape index (κ1) is 9.83. The van der Waals surface area contributed by atoms with Crippen molar-refractivity contribution in [3.05, 3.63) is 32.9 Å². The minimum absolute atomic E-state index is 0.105. The van der Waals surface area contributed by atoms with Crippen molar-refractivity contribution in [2.45, 2.75) is 13.1 Å². The molecule has 1 aromatic carbocycles. The van der Waals surface area contributed by atoms with E-state index in [4.69, 9.17) is 0 Å². The zero-order chi connectivity index (χ0) is 9.14. The summed E-state index contributed by atoms with van der Waals surface area (Å²) in [5, 5.41) is 0. The number of benzene rings is 1. The third-order valence-corrected chi connectivity index (χ3v) is 2.53. The van der Waals surface area contributed by atoms with Crippen molar-refractivity contribution >= 4 is 22.6 Å². The molecule has 0 N–H and O–H groups in total. The molecule has 0 nitrogen and oxygen atoms in total. The van der Waals surface area contributed by atoms with Crippen LogP contribution in [0.2, 0.25) is 0 Å². The van der Waals surface area contributed by atoms with Crippen molar-refractivity contribution in [1.29, 1.82) is 0 Å². The largest absolute Gasteiger partial charge is 0.264 e. The van der Waals surface area contributed by atoms with Crippen molar-refractivity contribution in [3.8, 4) is 0 Å². The van der Waals surface area contributed by atoms with E-state index in [-0.39, 0.29) is 11.1 Å². The van der Waals surface area contributed by atoms with E-state index in [1.165, 1.54) is 12.1 Å². The molecule has 1 rings (SSSR count). The van der Waals surface area contributed by atoms with Gasteiger partial charge in [-0.3, -0.25) is 0 Å². The molecule has 0 heterocycles. The molecule has 0 spiro atoms. The van der Waals surface area contributed by atoms with Gasteiger partial charge < -0.3 is 0 Å². The molecule has 12 heavy (non-hydrogen) atoms. The van der Waals surface area contributed by atoms with E-state index in [0.717, 1.165) is 0 Å². The average molecular weight is 286 g/mol. The van der Waals surface area contributed by atoms with E-state index in [9.17, 15) is 13.2 Å². The van der Waals surface area contributed by atoms with Crippen LogP contribution in [0.1, 0.15) is 17.6 Å². The van der Waals surface area contributed by atoms with Gasteiger partial charge in [-0.2, -0.15) is 0 Å². The monoisotopic (exact) mass is 286 g/mol. The van der Waals surface area contributed by atoms with E-state index in [0.29, 0.717) is 3.57 Å². The Morgan fingerprint density at radius 3 is 2.42 bits per heavy atom. The minimum atomic E-state index is -2.59. The van der Waals surface area contributed by atoms with Crippen molar-refractivity contribution in [1.82, 2.24) is 0 Å². The summed E-state index contributed by atoms with van der Waals surface area (Å²) in [6.07, 6.45) is -2.59. The van der Waals surface area contributed by atoms with Crippen LogP contribution >= 0.6 is 22.6 Å². The van der Waals surface area contributed by atoms with Crippen LogP contribution in [0.3, 0.4) is 0 Å². The van der Waals surface area contributed by atoms with Crippen molar-refractivity contribution in [2.24, 2.45) is 0 Å². The van der Waals surface area contributed by atoms with Gasteiger partial charge in [-0.25, -0.2) is 13.2 Å². The van der Waals surface area contributed by atoms with E-state index < -0.39 is 13.1 Å². The molecule has 0 aliphatic carbocycles. The molecule has 0 atom stereocenters. The molecule has 0 unspecified atom stereocenters. The van der Waals surface area contributed by atoms with E-state index >= 15 is 0 Å². The number of rotatable bonds is 2. The topological polar surface area (TPSA) is 0 Å². The smallest absolute Gasteiger partial charge is 0.246 e. The summed E-state index contributed by atoms with van der Waals surface area (Å²) >= 11 is 1.85. The molecular formula is C8H6F3I. The number of hydrogen-bond donors (Lipinski definition) is 0. The van der Waals surface area contributed by atoms with Crippen LogP contribution in [0.15, 0.2) is 18.2 Å². The van der Waals surface area contributed by atoms with Crippen LogP contribution in [0.25, 0.3) is 0 Å². The van der Waals surface area contributed by atoms with Gasteiger partial charge in [0.15, 0.2) is 0 Å². The first-order chi connectivity index (χ1) is 5.66. The first-order valence-electron chi connectivity index (χ1n) is 3.28. The fraction of sp³-hybridized carbons (Fsp3) is 0.250. The average Bonchev–Trinajstić information content (AvgIpc) is 2.03. The van der Waals surface area contributed by atoms with Crippen LogP contribution in [0, 0.1) is 3.57 Å². The Morgan fingerprint density at radius 2 is 2.00 bits per heavy atom. The summed E-state index contributed by atoms with van der Waals surface area (Å²) in [7, 11) is 0. The Kier molecular flexibility index (Phi) is 3.37. The molecule has 0 fully saturated rings. The molecule has 0 aliphatic rings. The van der Waals surface area contributed by atoms with Gasteiger partial charge in [0.05, 0.1) is 0 Å². The molecule has 0 saturated carbocycles. The second-order valence-corrected chi connectivity index (χ2v) is 3.40. The molecule has 0 saturated heterocycles. The lowest BCUT2D eigenvalue weighted by Crippen LogP contribution is -1.95. The second-order valence-electron chi connectivity index (χ2n) is 2.24. The molecule has 0 aromatic heterocycles. The second kappa shape index (κ2) is 4.11. The Bertz CT molecular complexity index is 273. The van der Waals surface area contributed by atoms with Gasteiger partial charge in [0.1, 0.15) is 6.67 Å². The van der Waals surface area contributed by atoms with Crippen molar-refractivity contribution < 1.29 is 13.2 Å². The highest BCUT2D eigenvalue weighted by Crippen LogP contribution is 2.26. The van der Waals surface area contributed by atoms with Crippen LogP contribution < -0.4 is 0 Å². The summed E-state index contributed by atoms with van der Waals surface area (Å²) in [4.78, 5) is 0. The fourth-order valence-corrected chi connectivity index (χ4v) is 1.58. The number of alkyl halides is 3. The van der Waals surface area contributed by atoms with Gasteiger partial charge in [-0.15, -0.1) is 0 Å². The molecular weight excluding hydrogens is 280 g/mol. The molecule has 0 bridgehead atoms. The molecule has 0 amide bonds. The third kappa shape index (κ3) is 1.91. The Labute approximate surface area is 81.9 Å². The standard InChI is InChI=1S/C8H6F3I/c9-4-6-5(8(10)11)2-1-3-7(6)12/h1-3,8H,4H2. The van der Waals surface area contributed by atoms with Crippen molar-refractivity contribution in [3.63, 3.8) is 0 Å². The third-order valence-electron chi connectivity index (χ3n) is 1.52. The quantitative estimate of drug-likeness (QED) is 0.727. The molecule has 4 heteroatoms. The van der Waals surface area contributed by atoms with Crippen LogP contribution in [0.5, 0.6) is 0 Å². The van der Waals surface area contributed by atoms with Gasteiger partial charge >= 0.3 is 0 Å². The maximum absolute atomic E-state index is 12.3. The number of halogens is 4. The highest BCUT2D eigenvalue weighted by atomic mass is 127. The molecule has 0 radical (unpaired) electrons. The SMILES string of the molecule is FCc1c(I)cccc1C(F)F. The zero-order valence-electron chi connectivity index (χ0n) is 6.03. The summed E-state index contributed by atoms with van der Waals surface area (Å²) in [5.41, 5.74) is -0.0995. The maximum atomic E-state index is 12.3. The lowest BCUT2D eigenvalue weighted by Gasteiger charge is -2.06. The Balaban J connectivity index is 3.18. The van der Waals surface area contributed by atoms with E-state index in [1.54, 1.807) is 6.07 Å². The first-order valence-corrected chi connectivity index (χ1v) is 4.36. The molecule has 0 aliphatic heterocycles. The minimum Gasteiger partial charge on any atom is -0.246 e. The van der Waals surface area contributed by atoms with Gasteiger partial charge in [-0.05, 0) is 28.7 Å². The normalized spacial score (nSPS) is 10.8. The van der Waals surface area contributed by atoms with Gasteiger partial charge in [0.2, 0.25) is 0 Å². The Hall–Kier alpha value is -0.260. The maximum Gasteiger partial charge on any atom is 0.264 e. The molecule has 66 valence electrons. The fourth-order valence-electron chi connectivity index (χ4n) is 0.921. The predicted octanol–water partition coefficient (Wildman–Crippen LogP) is 3.70. The zero-order valence-corrected chi connectivity index (χ0v) is 8.19. The van der Waals surface area contributed by atoms with Gasteiger partial charge in [0, 0.05) is 14.7 Å². The van der Waals surface area contributed by atoms with Crippen LogP contribution in [-0.2, 0) is 6.67 Å². The Morgan fingerprint density at radius 1 is 1.33 bits per heavy atom. The van der Waals surface area contributed by atoms with E-state index in [2.05, 4.69) is 0 Å². The summed E-state index contributed by atoms with van der Waals surface area (Å²) in [6.45, 7) is -0.835. The highest BCUT2D eigenvalue weighted by Gasteiger charge is 2.14. The lowest BCUT2D eigenvalue weighted by molar-refractivity contribution is 0.149. The number of hydrogen-bond acceptors (Lipinski definition) is 0. The van der Waals surface area contributed by atoms with Crippen LogP contribution in [0.4, 0.5) is 13.2 Å². The molecule has 1 aromatic rings. The summed E-state index contributed by atoms with van der Waals surface area (Å²) in [6, 6.07) is 4.37. The van der Waals surface area contributed by atoms with Crippen LogP contribution in [-0.4, -0.2) is 0 Å². The lowest BCUT2D eigenvalue weighted by atomic mass is 10.1. The van der Waals surface area contributed by atoms with Gasteiger partial charge in [-0.1, -0.05) is 12.1 Å². The summed E-state index contributed by atoms with van der Waals surface area (Å²) in [5.74, 6) is 0.